The van der Waals surface area contributed by atoms with Crippen molar-refractivity contribution >= 4 is 28.4 Å². The van der Waals surface area contributed by atoms with E-state index in [1.165, 1.54) is 0 Å². The van der Waals surface area contributed by atoms with E-state index in [2.05, 4.69) is 28.1 Å². The second-order valence-corrected chi connectivity index (χ2v) is 7.64. The van der Waals surface area contributed by atoms with Gasteiger partial charge in [0.15, 0.2) is 0 Å². The molecular formula is C21H29ClN4O2. The van der Waals surface area contributed by atoms with Gasteiger partial charge in [-0.25, -0.2) is 4.98 Å². The van der Waals surface area contributed by atoms with E-state index in [-0.39, 0.29) is 5.91 Å². The van der Waals surface area contributed by atoms with Gasteiger partial charge in [-0.3, -0.25) is 14.6 Å². The molecule has 1 amide bonds. The SMILES string of the molecule is COCCCNC(=O)CN1CCN(Cc2nc3ccccc3c(C)c2Cl)CC1. The van der Waals surface area contributed by atoms with Crippen molar-refractivity contribution in [1.29, 1.82) is 0 Å². The van der Waals surface area contributed by atoms with Gasteiger partial charge in [0, 0.05) is 58.4 Å². The highest BCUT2D eigenvalue weighted by Crippen LogP contribution is 2.27. The van der Waals surface area contributed by atoms with Crippen molar-refractivity contribution in [1.82, 2.24) is 20.1 Å². The van der Waals surface area contributed by atoms with E-state index in [0.717, 1.165) is 66.3 Å². The highest BCUT2D eigenvalue weighted by Gasteiger charge is 2.21. The van der Waals surface area contributed by atoms with Crippen LogP contribution in [0.5, 0.6) is 0 Å². The number of aryl methyl sites for hydroxylation is 1. The standard InChI is InChI=1S/C21H29ClN4O2/c1-16-17-6-3-4-7-18(17)24-19(21(16)22)14-25-9-11-26(12-10-25)15-20(27)23-8-5-13-28-2/h3-4,6-7H,5,8-15H2,1-2H3,(H,23,27). The fourth-order valence-electron chi connectivity index (χ4n) is 3.54. The number of rotatable bonds is 8. The van der Waals surface area contributed by atoms with Crippen LogP contribution in [-0.4, -0.2) is 73.7 Å². The lowest BCUT2D eigenvalue weighted by molar-refractivity contribution is -0.122. The zero-order valence-corrected chi connectivity index (χ0v) is 17.5. The van der Waals surface area contributed by atoms with Gasteiger partial charge in [-0.05, 0) is 25.0 Å². The molecule has 0 saturated carbocycles. The Morgan fingerprint density at radius 1 is 1.21 bits per heavy atom. The zero-order valence-electron chi connectivity index (χ0n) is 16.7. The maximum atomic E-state index is 12.0. The average molecular weight is 405 g/mol. The predicted octanol–water partition coefficient (Wildman–Crippen LogP) is 2.47. The molecule has 1 aromatic heterocycles. The van der Waals surface area contributed by atoms with E-state index in [1.54, 1.807) is 7.11 Å². The lowest BCUT2D eigenvalue weighted by Crippen LogP contribution is -2.49. The molecule has 1 N–H and O–H groups in total. The molecule has 152 valence electrons. The first-order valence-corrected chi connectivity index (χ1v) is 10.2. The molecule has 1 aliphatic heterocycles. The van der Waals surface area contributed by atoms with Crippen molar-refractivity contribution in [2.24, 2.45) is 0 Å². The van der Waals surface area contributed by atoms with E-state index in [0.29, 0.717) is 19.7 Å². The topological polar surface area (TPSA) is 57.7 Å². The second kappa shape index (κ2) is 10.2. The smallest absolute Gasteiger partial charge is 0.234 e. The van der Waals surface area contributed by atoms with Crippen molar-refractivity contribution in [3.8, 4) is 0 Å². The number of fused-ring (bicyclic) bond motifs is 1. The maximum Gasteiger partial charge on any atom is 0.234 e. The van der Waals surface area contributed by atoms with Gasteiger partial charge in [0.05, 0.1) is 22.8 Å². The quantitative estimate of drug-likeness (QED) is 0.685. The van der Waals surface area contributed by atoms with Crippen LogP contribution < -0.4 is 5.32 Å². The Bertz CT molecular complexity index is 806. The Morgan fingerprint density at radius 2 is 1.93 bits per heavy atom. The van der Waals surface area contributed by atoms with Gasteiger partial charge in [-0.2, -0.15) is 0 Å². The Labute approximate surface area is 171 Å². The van der Waals surface area contributed by atoms with Crippen LogP contribution in [0.2, 0.25) is 5.02 Å². The van der Waals surface area contributed by atoms with Crippen LogP contribution in [0.25, 0.3) is 10.9 Å². The van der Waals surface area contributed by atoms with E-state index in [4.69, 9.17) is 21.3 Å². The number of ether oxygens (including phenoxy) is 1. The molecule has 0 spiro atoms. The molecule has 0 atom stereocenters. The number of methoxy groups -OCH3 is 1. The molecular weight excluding hydrogens is 376 g/mol. The molecule has 0 aliphatic carbocycles. The van der Waals surface area contributed by atoms with Crippen LogP contribution in [0, 0.1) is 6.92 Å². The van der Waals surface area contributed by atoms with Gasteiger partial charge >= 0.3 is 0 Å². The Balaban J connectivity index is 1.50. The number of hydrogen-bond donors (Lipinski definition) is 1. The summed E-state index contributed by atoms with van der Waals surface area (Å²) in [6, 6.07) is 8.11. The summed E-state index contributed by atoms with van der Waals surface area (Å²) in [5, 5.41) is 4.81. The highest BCUT2D eigenvalue weighted by atomic mass is 35.5. The normalized spacial score (nSPS) is 15.8. The predicted molar refractivity (Wildman–Crippen MR) is 113 cm³/mol. The first-order chi connectivity index (χ1) is 13.6. The molecule has 28 heavy (non-hydrogen) atoms. The van der Waals surface area contributed by atoms with Crippen LogP contribution in [-0.2, 0) is 16.1 Å². The fraction of sp³-hybridized carbons (Fsp3) is 0.524. The third kappa shape index (κ3) is 5.41. The van der Waals surface area contributed by atoms with Crippen LogP contribution in [0.15, 0.2) is 24.3 Å². The summed E-state index contributed by atoms with van der Waals surface area (Å²) < 4.78 is 4.99. The number of carbonyl (C=O) groups excluding carboxylic acids is 1. The number of hydrogen-bond acceptors (Lipinski definition) is 5. The number of benzene rings is 1. The summed E-state index contributed by atoms with van der Waals surface area (Å²) in [5.41, 5.74) is 3.01. The van der Waals surface area contributed by atoms with Crippen molar-refractivity contribution in [3.63, 3.8) is 0 Å². The minimum atomic E-state index is 0.0828. The van der Waals surface area contributed by atoms with Crippen molar-refractivity contribution in [3.05, 3.63) is 40.5 Å². The van der Waals surface area contributed by atoms with E-state index in [9.17, 15) is 4.79 Å². The Hall–Kier alpha value is -1.73. The first kappa shape index (κ1) is 21.0. The van der Waals surface area contributed by atoms with E-state index in [1.807, 2.05) is 18.2 Å². The molecule has 6 nitrogen and oxygen atoms in total. The molecule has 0 unspecified atom stereocenters. The highest BCUT2D eigenvalue weighted by molar-refractivity contribution is 6.32. The summed E-state index contributed by atoms with van der Waals surface area (Å²) in [6.45, 7) is 8.13. The number of para-hydroxylation sites is 1. The van der Waals surface area contributed by atoms with Crippen molar-refractivity contribution in [2.45, 2.75) is 19.9 Å². The number of pyridine rings is 1. The number of aromatic nitrogens is 1. The van der Waals surface area contributed by atoms with Crippen LogP contribution >= 0.6 is 11.6 Å². The molecule has 1 aromatic carbocycles. The van der Waals surface area contributed by atoms with Gasteiger partial charge in [-0.15, -0.1) is 0 Å². The molecule has 2 aromatic rings. The summed E-state index contributed by atoms with van der Waals surface area (Å²) in [4.78, 5) is 21.4. The summed E-state index contributed by atoms with van der Waals surface area (Å²) >= 11 is 6.60. The van der Waals surface area contributed by atoms with Gasteiger partial charge < -0.3 is 10.1 Å². The largest absolute Gasteiger partial charge is 0.385 e. The number of amides is 1. The fourth-order valence-corrected chi connectivity index (χ4v) is 3.75. The molecule has 2 heterocycles. The van der Waals surface area contributed by atoms with Crippen molar-refractivity contribution < 1.29 is 9.53 Å². The maximum absolute atomic E-state index is 12.0. The lowest BCUT2D eigenvalue weighted by atomic mass is 10.1. The minimum absolute atomic E-state index is 0.0828. The van der Waals surface area contributed by atoms with Crippen LogP contribution in [0.1, 0.15) is 17.7 Å². The molecule has 0 radical (unpaired) electrons. The van der Waals surface area contributed by atoms with Gasteiger partial charge in [0.25, 0.3) is 0 Å². The minimum Gasteiger partial charge on any atom is -0.385 e. The van der Waals surface area contributed by atoms with Crippen molar-refractivity contribution in [2.75, 3.05) is 53.0 Å². The molecule has 0 bridgehead atoms. The first-order valence-electron chi connectivity index (χ1n) is 9.82. The third-order valence-corrected chi connectivity index (χ3v) is 5.70. The molecule has 1 saturated heterocycles. The van der Waals surface area contributed by atoms with E-state index >= 15 is 0 Å². The van der Waals surface area contributed by atoms with Crippen LogP contribution in [0.4, 0.5) is 0 Å². The average Bonchev–Trinajstić information content (AvgIpc) is 2.71. The van der Waals surface area contributed by atoms with Gasteiger partial charge in [0.1, 0.15) is 0 Å². The van der Waals surface area contributed by atoms with Gasteiger partial charge in [-0.1, -0.05) is 29.8 Å². The number of nitrogens with one attached hydrogen (secondary N) is 1. The molecule has 1 aliphatic rings. The second-order valence-electron chi connectivity index (χ2n) is 7.26. The number of carbonyl (C=O) groups is 1. The zero-order chi connectivity index (χ0) is 19.9. The van der Waals surface area contributed by atoms with Crippen LogP contribution in [0.3, 0.4) is 0 Å². The Morgan fingerprint density at radius 3 is 2.68 bits per heavy atom. The number of nitrogens with zero attached hydrogens (tertiary/aromatic N) is 3. The van der Waals surface area contributed by atoms with Gasteiger partial charge in [0.2, 0.25) is 5.91 Å². The number of piperazine rings is 1. The monoisotopic (exact) mass is 404 g/mol. The third-order valence-electron chi connectivity index (χ3n) is 5.20. The Kier molecular flexibility index (Phi) is 7.62. The molecule has 1 fully saturated rings. The summed E-state index contributed by atoms with van der Waals surface area (Å²) in [6.07, 6.45) is 0.842. The molecule has 3 rings (SSSR count). The summed E-state index contributed by atoms with van der Waals surface area (Å²) in [5.74, 6) is 0.0828. The molecule has 7 heteroatoms. The lowest BCUT2D eigenvalue weighted by Gasteiger charge is -2.34. The summed E-state index contributed by atoms with van der Waals surface area (Å²) in [7, 11) is 1.67. The van der Waals surface area contributed by atoms with E-state index < -0.39 is 0 Å². The number of halogens is 1.